The molecule has 2 aromatic rings. The Morgan fingerprint density at radius 1 is 1.25 bits per heavy atom. The summed E-state index contributed by atoms with van der Waals surface area (Å²) in [5.41, 5.74) is 2.40. The average molecular weight is 306 g/mol. The molecular formula is C16H16ClNOS. The lowest BCUT2D eigenvalue weighted by molar-refractivity contribution is 0.102. The molecule has 2 nitrogen and oxygen atoms in total. The Kier molecular flexibility index (Phi) is 5.10. The summed E-state index contributed by atoms with van der Waals surface area (Å²) in [7, 11) is 0. The lowest BCUT2D eigenvalue weighted by Crippen LogP contribution is -2.14. The second kappa shape index (κ2) is 6.82. The quantitative estimate of drug-likeness (QED) is 0.778. The molecule has 2 rings (SSSR count). The molecule has 1 N–H and O–H groups in total. The molecule has 0 heterocycles. The summed E-state index contributed by atoms with van der Waals surface area (Å²) >= 11 is 10.3. The van der Waals surface area contributed by atoms with Crippen molar-refractivity contribution in [2.45, 2.75) is 24.7 Å². The molecule has 104 valence electrons. The molecule has 2 aromatic carbocycles. The normalized spacial score (nSPS) is 10.3. The Morgan fingerprint density at radius 2 is 2.00 bits per heavy atom. The van der Waals surface area contributed by atoms with Gasteiger partial charge >= 0.3 is 0 Å². The van der Waals surface area contributed by atoms with Gasteiger partial charge in [-0.2, -0.15) is 0 Å². The van der Waals surface area contributed by atoms with Crippen LogP contribution in [0.25, 0.3) is 0 Å². The van der Waals surface area contributed by atoms with Gasteiger partial charge in [-0.25, -0.2) is 0 Å². The Labute approximate surface area is 129 Å². The zero-order valence-corrected chi connectivity index (χ0v) is 12.8. The molecular weight excluding hydrogens is 290 g/mol. The van der Waals surface area contributed by atoms with Crippen molar-refractivity contribution in [1.29, 1.82) is 0 Å². The first-order valence-electron chi connectivity index (χ1n) is 6.49. The molecule has 0 atom stereocenters. The highest BCUT2D eigenvalue weighted by Crippen LogP contribution is 2.22. The van der Waals surface area contributed by atoms with E-state index in [9.17, 15) is 4.79 Å². The van der Waals surface area contributed by atoms with Crippen LogP contribution in [0.4, 0.5) is 5.69 Å². The number of carbonyl (C=O) groups excluding carboxylic acids is 1. The van der Waals surface area contributed by atoms with Crippen LogP contribution >= 0.6 is 24.2 Å². The van der Waals surface area contributed by atoms with Crippen LogP contribution in [0.5, 0.6) is 0 Å². The lowest BCUT2D eigenvalue weighted by Gasteiger charge is -2.11. The third-order valence-corrected chi connectivity index (χ3v) is 3.59. The molecule has 0 aromatic heterocycles. The second-order valence-corrected chi connectivity index (χ2v) is 5.45. The summed E-state index contributed by atoms with van der Waals surface area (Å²) in [4.78, 5) is 13.0. The first-order valence-corrected chi connectivity index (χ1v) is 7.32. The summed E-state index contributed by atoms with van der Waals surface area (Å²) in [6.07, 6.45) is 1.95. The van der Waals surface area contributed by atoms with Gasteiger partial charge in [-0.15, -0.1) is 12.6 Å². The summed E-state index contributed by atoms with van der Waals surface area (Å²) in [6.45, 7) is 2.11. The van der Waals surface area contributed by atoms with Gasteiger partial charge in [-0.1, -0.05) is 43.1 Å². The summed E-state index contributed by atoms with van der Waals surface area (Å²) in [5, 5.41) is 3.35. The van der Waals surface area contributed by atoms with Gasteiger partial charge in [-0.3, -0.25) is 4.79 Å². The van der Waals surface area contributed by atoms with Gasteiger partial charge in [0.15, 0.2) is 0 Å². The predicted octanol–water partition coefficient (Wildman–Crippen LogP) is 4.83. The molecule has 4 heteroatoms. The maximum atomic E-state index is 12.3. The molecule has 1 amide bonds. The zero-order valence-electron chi connectivity index (χ0n) is 11.2. The largest absolute Gasteiger partial charge is 0.322 e. The van der Waals surface area contributed by atoms with Gasteiger partial charge in [0.2, 0.25) is 0 Å². The molecule has 0 radical (unpaired) electrons. The predicted molar refractivity (Wildman–Crippen MR) is 87.1 cm³/mol. The van der Waals surface area contributed by atoms with Crippen LogP contribution in [-0.2, 0) is 6.42 Å². The van der Waals surface area contributed by atoms with Crippen molar-refractivity contribution in [2.24, 2.45) is 0 Å². The monoisotopic (exact) mass is 305 g/mol. The Bertz CT molecular complexity index is 628. The second-order valence-electron chi connectivity index (χ2n) is 4.53. The molecule has 20 heavy (non-hydrogen) atoms. The molecule has 0 spiro atoms. The average Bonchev–Trinajstić information content (AvgIpc) is 2.44. The number of amides is 1. The van der Waals surface area contributed by atoms with Crippen LogP contribution in [0.2, 0.25) is 5.02 Å². The fourth-order valence-corrected chi connectivity index (χ4v) is 2.41. The topological polar surface area (TPSA) is 29.1 Å². The van der Waals surface area contributed by atoms with Crippen LogP contribution < -0.4 is 5.32 Å². The minimum Gasteiger partial charge on any atom is -0.322 e. The van der Waals surface area contributed by atoms with Crippen LogP contribution in [0.15, 0.2) is 47.4 Å². The number of benzene rings is 2. The Morgan fingerprint density at radius 3 is 2.75 bits per heavy atom. The fourth-order valence-electron chi connectivity index (χ4n) is 2.01. The van der Waals surface area contributed by atoms with Crippen molar-refractivity contribution in [3.05, 3.63) is 58.6 Å². The van der Waals surface area contributed by atoms with Crippen LogP contribution in [0.1, 0.15) is 29.3 Å². The third kappa shape index (κ3) is 3.56. The molecule has 0 bridgehead atoms. The molecule has 0 saturated heterocycles. The number of thiol groups is 1. The number of hydrogen-bond acceptors (Lipinski definition) is 2. The number of halogens is 1. The standard InChI is InChI=1S/C16H16ClNOS/c1-2-5-11-6-3-4-7-15(11)18-16(19)13-10-12(20)8-9-14(13)17/h3-4,6-10,20H,2,5H2,1H3,(H,18,19). The summed E-state index contributed by atoms with van der Waals surface area (Å²) in [5.74, 6) is -0.213. The van der Waals surface area contributed by atoms with E-state index in [1.807, 2.05) is 24.3 Å². The maximum Gasteiger partial charge on any atom is 0.257 e. The smallest absolute Gasteiger partial charge is 0.257 e. The number of hydrogen-bond donors (Lipinski definition) is 2. The number of anilines is 1. The lowest BCUT2D eigenvalue weighted by atomic mass is 10.1. The van der Waals surface area contributed by atoms with E-state index in [0.29, 0.717) is 15.5 Å². The van der Waals surface area contributed by atoms with Gasteiger partial charge in [0.1, 0.15) is 0 Å². The highest BCUT2D eigenvalue weighted by Gasteiger charge is 2.12. The molecule has 0 unspecified atom stereocenters. The number of rotatable bonds is 4. The van der Waals surface area contributed by atoms with E-state index >= 15 is 0 Å². The van der Waals surface area contributed by atoms with E-state index in [1.54, 1.807) is 18.2 Å². The minimum absolute atomic E-state index is 0.213. The van der Waals surface area contributed by atoms with Gasteiger partial charge in [0.25, 0.3) is 5.91 Å². The van der Waals surface area contributed by atoms with E-state index in [0.717, 1.165) is 24.1 Å². The molecule has 0 aliphatic heterocycles. The van der Waals surface area contributed by atoms with Gasteiger partial charge in [0.05, 0.1) is 10.6 Å². The van der Waals surface area contributed by atoms with E-state index in [-0.39, 0.29) is 5.91 Å². The number of carbonyl (C=O) groups is 1. The number of para-hydroxylation sites is 1. The maximum absolute atomic E-state index is 12.3. The molecule has 0 fully saturated rings. The van der Waals surface area contributed by atoms with Crippen LogP contribution in [0, 0.1) is 0 Å². The van der Waals surface area contributed by atoms with E-state index in [2.05, 4.69) is 24.9 Å². The van der Waals surface area contributed by atoms with E-state index < -0.39 is 0 Å². The fraction of sp³-hybridized carbons (Fsp3) is 0.188. The van der Waals surface area contributed by atoms with Crippen molar-refractivity contribution in [3.8, 4) is 0 Å². The van der Waals surface area contributed by atoms with Crippen LogP contribution in [-0.4, -0.2) is 5.91 Å². The number of nitrogens with one attached hydrogen (secondary N) is 1. The zero-order chi connectivity index (χ0) is 14.5. The first kappa shape index (κ1) is 14.9. The van der Waals surface area contributed by atoms with Gasteiger partial charge < -0.3 is 5.32 Å². The van der Waals surface area contributed by atoms with Crippen molar-refractivity contribution in [3.63, 3.8) is 0 Å². The summed E-state index contributed by atoms with van der Waals surface area (Å²) in [6, 6.07) is 12.9. The molecule has 0 saturated carbocycles. The highest BCUT2D eigenvalue weighted by atomic mass is 35.5. The van der Waals surface area contributed by atoms with Crippen LogP contribution in [0.3, 0.4) is 0 Å². The van der Waals surface area contributed by atoms with Crippen molar-refractivity contribution >= 4 is 35.8 Å². The Balaban J connectivity index is 2.26. The highest BCUT2D eigenvalue weighted by molar-refractivity contribution is 7.80. The van der Waals surface area contributed by atoms with Gasteiger partial charge in [-0.05, 0) is 36.2 Å². The van der Waals surface area contributed by atoms with Crippen molar-refractivity contribution in [1.82, 2.24) is 0 Å². The van der Waals surface area contributed by atoms with Crippen molar-refractivity contribution < 1.29 is 4.79 Å². The first-order chi connectivity index (χ1) is 9.61. The summed E-state index contributed by atoms with van der Waals surface area (Å²) < 4.78 is 0. The molecule has 0 aliphatic rings. The van der Waals surface area contributed by atoms with E-state index in [1.165, 1.54) is 0 Å². The van der Waals surface area contributed by atoms with Crippen molar-refractivity contribution in [2.75, 3.05) is 5.32 Å². The van der Waals surface area contributed by atoms with Gasteiger partial charge in [0, 0.05) is 10.6 Å². The third-order valence-electron chi connectivity index (χ3n) is 2.98. The number of aryl methyl sites for hydroxylation is 1. The van der Waals surface area contributed by atoms with E-state index in [4.69, 9.17) is 11.6 Å². The molecule has 0 aliphatic carbocycles. The Hall–Kier alpha value is -1.45. The minimum atomic E-state index is -0.213. The SMILES string of the molecule is CCCc1ccccc1NC(=O)c1cc(S)ccc1Cl.